The van der Waals surface area contributed by atoms with E-state index in [2.05, 4.69) is 15.9 Å². The molecular formula is C13H15BrFNO2. The first kappa shape index (κ1) is 13.5. The molecule has 1 unspecified atom stereocenters. The van der Waals surface area contributed by atoms with Gasteiger partial charge in [-0.05, 0) is 11.6 Å². The Balaban J connectivity index is 2.05. The largest absolute Gasteiger partial charge is 0.377 e. The minimum atomic E-state index is -0.325. The molecule has 1 fully saturated rings. The first-order chi connectivity index (χ1) is 8.72. The number of amides is 1. The third kappa shape index (κ3) is 3.09. The van der Waals surface area contributed by atoms with Crippen LogP contribution in [0.5, 0.6) is 0 Å². The highest BCUT2D eigenvalue weighted by atomic mass is 79.9. The predicted octanol–water partition coefficient (Wildman–Crippen LogP) is 1.99. The number of nitrogens with zero attached hydrogens (tertiary/aromatic N) is 1. The lowest BCUT2D eigenvalue weighted by atomic mass is 10.1. The average molecular weight is 316 g/mol. The normalized spacial score (nSPS) is 19.9. The van der Waals surface area contributed by atoms with E-state index in [9.17, 15) is 9.18 Å². The van der Waals surface area contributed by atoms with E-state index in [0.29, 0.717) is 30.7 Å². The number of alkyl halides is 1. The number of morpholine rings is 1. The third-order valence-electron chi connectivity index (χ3n) is 3.03. The molecule has 0 bridgehead atoms. The van der Waals surface area contributed by atoms with Gasteiger partial charge in [-0.25, -0.2) is 4.39 Å². The van der Waals surface area contributed by atoms with Gasteiger partial charge in [-0.3, -0.25) is 4.79 Å². The SMILES string of the molecule is O=C(Cc1ccccc1F)N1CCOCC1CBr. The van der Waals surface area contributed by atoms with E-state index in [1.165, 1.54) is 6.07 Å². The fourth-order valence-electron chi connectivity index (χ4n) is 2.02. The molecule has 1 aromatic carbocycles. The van der Waals surface area contributed by atoms with Gasteiger partial charge in [-0.15, -0.1) is 0 Å². The summed E-state index contributed by atoms with van der Waals surface area (Å²) in [7, 11) is 0. The highest BCUT2D eigenvalue weighted by molar-refractivity contribution is 9.09. The molecule has 1 aliphatic rings. The molecule has 0 aromatic heterocycles. The molecule has 0 aliphatic carbocycles. The van der Waals surface area contributed by atoms with Gasteiger partial charge < -0.3 is 9.64 Å². The molecule has 3 nitrogen and oxygen atoms in total. The Morgan fingerprint density at radius 2 is 2.28 bits per heavy atom. The number of halogens is 2. The van der Waals surface area contributed by atoms with Gasteiger partial charge in [0.25, 0.3) is 0 Å². The molecule has 0 radical (unpaired) electrons. The van der Waals surface area contributed by atoms with E-state index in [4.69, 9.17) is 4.74 Å². The van der Waals surface area contributed by atoms with Crippen LogP contribution in [0, 0.1) is 5.82 Å². The number of benzene rings is 1. The van der Waals surface area contributed by atoms with Crippen molar-refractivity contribution in [1.29, 1.82) is 0 Å². The van der Waals surface area contributed by atoms with Crippen LogP contribution in [-0.2, 0) is 16.0 Å². The van der Waals surface area contributed by atoms with Crippen LogP contribution < -0.4 is 0 Å². The zero-order valence-electron chi connectivity index (χ0n) is 9.94. The molecule has 1 amide bonds. The second kappa shape index (κ2) is 6.29. The van der Waals surface area contributed by atoms with Gasteiger partial charge >= 0.3 is 0 Å². The lowest BCUT2D eigenvalue weighted by molar-refractivity contribution is -0.138. The molecule has 5 heteroatoms. The number of rotatable bonds is 3. The molecule has 18 heavy (non-hydrogen) atoms. The molecule has 98 valence electrons. The molecule has 1 aromatic rings. The monoisotopic (exact) mass is 315 g/mol. The summed E-state index contributed by atoms with van der Waals surface area (Å²) in [5, 5.41) is 0.677. The lowest BCUT2D eigenvalue weighted by Crippen LogP contribution is -2.50. The summed E-state index contributed by atoms with van der Waals surface area (Å²) in [5.41, 5.74) is 0.447. The number of hydrogen-bond donors (Lipinski definition) is 0. The summed E-state index contributed by atoms with van der Waals surface area (Å²) in [6.45, 7) is 1.66. The molecule has 1 atom stereocenters. The molecular weight excluding hydrogens is 301 g/mol. The summed E-state index contributed by atoms with van der Waals surface area (Å²) in [6.07, 6.45) is 0.107. The van der Waals surface area contributed by atoms with E-state index in [-0.39, 0.29) is 24.2 Å². The molecule has 1 aliphatic heterocycles. The van der Waals surface area contributed by atoms with Crippen molar-refractivity contribution in [2.75, 3.05) is 25.1 Å². The van der Waals surface area contributed by atoms with Crippen LogP contribution in [0.2, 0.25) is 0 Å². The van der Waals surface area contributed by atoms with E-state index in [0.717, 1.165) is 0 Å². The zero-order chi connectivity index (χ0) is 13.0. The number of carbonyl (C=O) groups excluding carboxylic acids is 1. The van der Waals surface area contributed by atoms with Gasteiger partial charge in [0.1, 0.15) is 5.82 Å². The summed E-state index contributed by atoms with van der Waals surface area (Å²) in [5.74, 6) is -0.373. The maximum Gasteiger partial charge on any atom is 0.227 e. The minimum absolute atomic E-state index is 0.0398. The predicted molar refractivity (Wildman–Crippen MR) is 70.2 cm³/mol. The number of ether oxygens (including phenoxy) is 1. The van der Waals surface area contributed by atoms with Crippen molar-refractivity contribution in [1.82, 2.24) is 4.90 Å². The van der Waals surface area contributed by atoms with E-state index >= 15 is 0 Å². The fourth-order valence-corrected chi connectivity index (χ4v) is 2.55. The Morgan fingerprint density at radius 3 is 3.00 bits per heavy atom. The van der Waals surface area contributed by atoms with E-state index in [1.807, 2.05) is 0 Å². The maximum atomic E-state index is 13.5. The van der Waals surface area contributed by atoms with Gasteiger partial charge in [0.05, 0.1) is 25.7 Å². The summed E-state index contributed by atoms with van der Waals surface area (Å²) >= 11 is 3.37. The Kier molecular flexibility index (Phi) is 4.72. The average Bonchev–Trinajstić information content (AvgIpc) is 2.41. The standard InChI is InChI=1S/C13H15BrFNO2/c14-8-11-9-18-6-5-16(11)13(17)7-10-3-1-2-4-12(10)15/h1-4,11H,5-9H2. The first-order valence-electron chi connectivity index (χ1n) is 5.89. The van der Waals surface area contributed by atoms with Crippen LogP contribution in [0.4, 0.5) is 4.39 Å². The smallest absolute Gasteiger partial charge is 0.227 e. The highest BCUT2D eigenvalue weighted by Gasteiger charge is 2.26. The van der Waals surface area contributed by atoms with Crippen molar-refractivity contribution >= 4 is 21.8 Å². The van der Waals surface area contributed by atoms with Crippen LogP contribution in [0.15, 0.2) is 24.3 Å². The zero-order valence-corrected chi connectivity index (χ0v) is 11.5. The summed E-state index contributed by atoms with van der Waals surface area (Å²) in [6, 6.07) is 6.44. The van der Waals surface area contributed by atoms with Crippen molar-refractivity contribution in [2.24, 2.45) is 0 Å². The maximum absolute atomic E-state index is 13.5. The Hall–Kier alpha value is -0.940. The topological polar surface area (TPSA) is 29.5 Å². The Morgan fingerprint density at radius 1 is 1.50 bits per heavy atom. The van der Waals surface area contributed by atoms with E-state index < -0.39 is 0 Å². The van der Waals surface area contributed by atoms with Crippen LogP contribution in [0.3, 0.4) is 0 Å². The van der Waals surface area contributed by atoms with E-state index in [1.54, 1.807) is 23.1 Å². The lowest BCUT2D eigenvalue weighted by Gasteiger charge is -2.34. The molecule has 1 saturated heterocycles. The van der Waals surface area contributed by atoms with Gasteiger partial charge in [0.2, 0.25) is 5.91 Å². The summed E-state index contributed by atoms with van der Waals surface area (Å²) in [4.78, 5) is 13.9. The van der Waals surface area contributed by atoms with Crippen molar-refractivity contribution in [3.05, 3.63) is 35.6 Å². The molecule has 0 N–H and O–H groups in total. The summed E-state index contributed by atoms with van der Waals surface area (Å²) < 4.78 is 18.8. The Bertz CT molecular complexity index is 427. The van der Waals surface area contributed by atoms with Crippen molar-refractivity contribution in [3.63, 3.8) is 0 Å². The molecule has 0 saturated carbocycles. The Labute approximate surface area is 114 Å². The van der Waals surface area contributed by atoms with Gasteiger partial charge in [0, 0.05) is 11.9 Å². The fraction of sp³-hybridized carbons (Fsp3) is 0.462. The molecule has 1 heterocycles. The molecule has 2 rings (SSSR count). The minimum Gasteiger partial charge on any atom is -0.377 e. The van der Waals surface area contributed by atoms with Crippen LogP contribution in [-0.4, -0.2) is 41.9 Å². The van der Waals surface area contributed by atoms with Gasteiger partial charge in [0.15, 0.2) is 0 Å². The second-order valence-electron chi connectivity index (χ2n) is 4.24. The second-order valence-corrected chi connectivity index (χ2v) is 4.89. The van der Waals surface area contributed by atoms with Gasteiger partial charge in [-0.2, -0.15) is 0 Å². The number of carbonyl (C=O) groups is 1. The van der Waals surface area contributed by atoms with Gasteiger partial charge in [-0.1, -0.05) is 34.1 Å². The highest BCUT2D eigenvalue weighted by Crippen LogP contribution is 2.14. The molecule has 0 spiro atoms. The van der Waals surface area contributed by atoms with Crippen molar-refractivity contribution in [3.8, 4) is 0 Å². The van der Waals surface area contributed by atoms with Crippen molar-refractivity contribution in [2.45, 2.75) is 12.5 Å². The quantitative estimate of drug-likeness (QED) is 0.798. The van der Waals surface area contributed by atoms with Crippen molar-refractivity contribution < 1.29 is 13.9 Å². The number of hydrogen-bond acceptors (Lipinski definition) is 2. The van der Waals surface area contributed by atoms with Crippen LogP contribution in [0.1, 0.15) is 5.56 Å². The van der Waals surface area contributed by atoms with Crippen LogP contribution >= 0.6 is 15.9 Å². The van der Waals surface area contributed by atoms with Crippen LogP contribution in [0.25, 0.3) is 0 Å². The third-order valence-corrected chi connectivity index (χ3v) is 3.77. The first-order valence-corrected chi connectivity index (χ1v) is 7.01.